The Kier molecular flexibility index (Phi) is 5.16. The fourth-order valence-corrected chi connectivity index (χ4v) is 2.58. The van der Waals surface area contributed by atoms with Crippen LogP contribution in [0.5, 0.6) is 0 Å². The highest BCUT2D eigenvalue weighted by atomic mass is 35.5. The Balaban J connectivity index is 2.11. The summed E-state index contributed by atoms with van der Waals surface area (Å²) in [7, 11) is 0. The summed E-state index contributed by atoms with van der Waals surface area (Å²) in [5.74, 6) is -0.276. The smallest absolute Gasteiger partial charge is 0.126 e. The van der Waals surface area contributed by atoms with Crippen LogP contribution in [0.15, 0.2) is 42.5 Å². The number of benzene rings is 2. The molecule has 1 nitrogen and oxygen atoms in total. The van der Waals surface area contributed by atoms with Crippen molar-refractivity contribution >= 4 is 11.6 Å². The molecule has 1 atom stereocenters. The van der Waals surface area contributed by atoms with Crippen LogP contribution in [-0.2, 0) is 12.8 Å². The maximum atomic E-state index is 13.7. The fourth-order valence-electron chi connectivity index (χ4n) is 2.38. The highest BCUT2D eigenvalue weighted by Gasteiger charge is 2.13. The lowest BCUT2D eigenvalue weighted by Crippen LogP contribution is -2.14. The summed E-state index contributed by atoms with van der Waals surface area (Å²) in [6.45, 7) is 2.06. The van der Waals surface area contributed by atoms with E-state index in [0.29, 0.717) is 17.0 Å². The molecule has 2 rings (SSSR count). The number of aryl methyl sites for hydroxylation is 1. The number of hydrogen-bond acceptors (Lipinski definition) is 1. The molecule has 0 saturated carbocycles. The van der Waals surface area contributed by atoms with E-state index in [-0.39, 0.29) is 18.3 Å². The van der Waals surface area contributed by atoms with E-state index in [9.17, 15) is 9.50 Å². The molecule has 0 aliphatic heterocycles. The molecule has 3 heteroatoms. The van der Waals surface area contributed by atoms with Gasteiger partial charge in [-0.2, -0.15) is 0 Å². The predicted octanol–water partition coefficient (Wildman–Crippen LogP) is 4.18. The van der Waals surface area contributed by atoms with E-state index in [1.807, 2.05) is 25.1 Å². The molecule has 1 unspecified atom stereocenters. The minimum absolute atomic E-state index is 0.00948. The lowest BCUT2D eigenvalue weighted by molar-refractivity contribution is 0.224. The van der Waals surface area contributed by atoms with Gasteiger partial charge >= 0.3 is 0 Å². The lowest BCUT2D eigenvalue weighted by Gasteiger charge is -2.15. The number of aliphatic hydroxyl groups excluding tert-OH is 1. The molecule has 0 saturated heterocycles. The first kappa shape index (κ1) is 15.0. The molecule has 0 aliphatic carbocycles. The zero-order valence-electron chi connectivity index (χ0n) is 11.4. The summed E-state index contributed by atoms with van der Waals surface area (Å²) in [5.41, 5.74) is 2.91. The van der Waals surface area contributed by atoms with Crippen molar-refractivity contribution in [2.24, 2.45) is 5.92 Å². The van der Waals surface area contributed by atoms with Crippen molar-refractivity contribution < 1.29 is 9.50 Å². The molecular formula is C17H18ClFO. The summed E-state index contributed by atoms with van der Waals surface area (Å²) < 4.78 is 13.7. The van der Waals surface area contributed by atoms with Gasteiger partial charge in [0.05, 0.1) is 0 Å². The van der Waals surface area contributed by atoms with Crippen molar-refractivity contribution in [3.8, 4) is 0 Å². The highest BCUT2D eigenvalue weighted by molar-refractivity contribution is 6.30. The normalized spacial score (nSPS) is 12.4. The van der Waals surface area contributed by atoms with E-state index in [1.54, 1.807) is 6.07 Å². The largest absolute Gasteiger partial charge is 0.396 e. The van der Waals surface area contributed by atoms with E-state index < -0.39 is 0 Å². The minimum Gasteiger partial charge on any atom is -0.396 e. The van der Waals surface area contributed by atoms with Gasteiger partial charge in [-0.05, 0) is 55.0 Å². The molecule has 106 valence electrons. The number of aliphatic hydroxyl groups is 1. The van der Waals surface area contributed by atoms with Crippen LogP contribution in [-0.4, -0.2) is 11.7 Å². The second-order valence-electron chi connectivity index (χ2n) is 5.18. The van der Waals surface area contributed by atoms with Crippen molar-refractivity contribution in [2.45, 2.75) is 19.8 Å². The Morgan fingerprint density at radius 3 is 2.65 bits per heavy atom. The Bertz CT molecular complexity index is 583. The molecule has 0 spiro atoms. The van der Waals surface area contributed by atoms with E-state index in [4.69, 9.17) is 11.6 Å². The first-order valence-electron chi connectivity index (χ1n) is 6.69. The van der Waals surface area contributed by atoms with Gasteiger partial charge in [0.25, 0.3) is 0 Å². The van der Waals surface area contributed by atoms with Crippen LogP contribution in [0.3, 0.4) is 0 Å². The molecule has 1 N–H and O–H groups in total. The SMILES string of the molecule is Cc1cccc(CC(CO)Cc2cc(Cl)ccc2F)c1. The van der Waals surface area contributed by atoms with E-state index in [1.165, 1.54) is 17.7 Å². The van der Waals surface area contributed by atoms with Gasteiger partial charge in [-0.25, -0.2) is 4.39 Å². The number of halogens is 2. The number of hydrogen-bond donors (Lipinski definition) is 1. The van der Waals surface area contributed by atoms with Gasteiger partial charge in [0.2, 0.25) is 0 Å². The Morgan fingerprint density at radius 1 is 1.15 bits per heavy atom. The molecule has 0 amide bonds. The van der Waals surface area contributed by atoms with E-state index in [2.05, 4.69) is 6.07 Å². The summed E-state index contributed by atoms with van der Waals surface area (Å²) in [5, 5.41) is 10.0. The highest BCUT2D eigenvalue weighted by Crippen LogP contribution is 2.20. The standard InChI is InChI=1S/C17H18ClFO/c1-12-3-2-4-13(7-12)8-14(11-20)9-15-10-16(18)5-6-17(15)19/h2-7,10,14,20H,8-9,11H2,1H3. The fraction of sp³-hybridized carbons (Fsp3) is 0.294. The van der Waals surface area contributed by atoms with Crippen molar-refractivity contribution in [3.63, 3.8) is 0 Å². The summed E-state index contributed by atoms with van der Waals surface area (Å²) in [6.07, 6.45) is 1.21. The van der Waals surface area contributed by atoms with Gasteiger partial charge in [-0.15, -0.1) is 0 Å². The van der Waals surface area contributed by atoms with Gasteiger partial charge < -0.3 is 5.11 Å². The van der Waals surface area contributed by atoms with Crippen LogP contribution in [0.4, 0.5) is 4.39 Å². The van der Waals surface area contributed by atoms with Gasteiger partial charge in [0.15, 0.2) is 0 Å². The van der Waals surface area contributed by atoms with Gasteiger partial charge in [0.1, 0.15) is 5.82 Å². The van der Waals surface area contributed by atoms with Crippen LogP contribution < -0.4 is 0 Å². The van der Waals surface area contributed by atoms with Crippen molar-refractivity contribution in [1.29, 1.82) is 0 Å². The predicted molar refractivity (Wildman–Crippen MR) is 80.6 cm³/mol. The average Bonchev–Trinajstić information content (AvgIpc) is 2.42. The van der Waals surface area contributed by atoms with E-state index in [0.717, 1.165) is 12.0 Å². The second-order valence-corrected chi connectivity index (χ2v) is 5.62. The average molecular weight is 293 g/mol. The molecule has 20 heavy (non-hydrogen) atoms. The molecule has 0 bridgehead atoms. The monoisotopic (exact) mass is 292 g/mol. The quantitative estimate of drug-likeness (QED) is 0.876. The molecule has 0 aliphatic rings. The van der Waals surface area contributed by atoms with Crippen LogP contribution in [0.25, 0.3) is 0 Å². The Morgan fingerprint density at radius 2 is 1.95 bits per heavy atom. The van der Waals surface area contributed by atoms with Crippen molar-refractivity contribution in [3.05, 3.63) is 70.0 Å². The van der Waals surface area contributed by atoms with Gasteiger partial charge in [-0.3, -0.25) is 0 Å². The maximum absolute atomic E-state index is 13.7. The van der Waals surface area contributed by atoms with Gasteiger partial charge in [-0.1, -0.05) is 41.4 Å². The summed E-state index contributed by atoms with van der Waals surface area (Å²) in [4.78, 5) is 0. The topological polar surface area (TPSA) is 20.2 Å². The van der Waals surface area contributed by atoms with Gasteiger partial charge in [0, 0.05) is 11.6 Å². The molecule has 2 aromatic carbocycles. The molecular weight excluding hydrogens is 275 g/mol. The zero-order chi connectivity index (χ0) is 14.5. The molecule has 2 aromatic rings. The van der Waals surface area contributed by atoms with Crippen LogP contribution in [0.2, 0.25) is 5.02 Å². The first-order chi connectivity index (χ1) is 9.58. The first-order valence-corrected chi connectivity index (χ1v) is 7.06. The third-order valence-electron chi connectivity index (χ3n) is 3.38. The molecule has 0 aromatic heterocycles. The molecule has 0 radical (unpaired) electrons. The molecule has 0 fully saturated rings. The van der Waals surface area contributed by atoms with E-state index >= 15 is 0 Å². The zero-order valence-corrected chi connectivity index (χ0v) is 12.2. The Hall–Kier alpha value is -1.38. The molecule has 0 heterocycles. The lowest BCUT2D eigenvalue weighted by atomic mass is 9.92. The van der Waals surface area contributed by atoms with Crippen LogP contribution >= 0.6 is 11.6 Å². The Labute approximate surface area is 124 Å². The minimum atomic E-state index is -0.267. The van der Waals surface area contributed by atoms with Crippen molar-refractivity contribution in [2.75, 3.05) is 6.61 Å². The van der Waals surface area contributed by atoms with Crippen molar-refractivity contribution in [1.82, 2.24) is 0 Å². The summed E-state index contributed by atoms with van der Waals surface area (Å²) in [6, 6.07) is 12.7. The maximum Gasteiger partial charge on any atom is 0.126 e. The van der Waals surface area contributed by atoms with Crippen LogP contribution in [0.1, 0.15) is 16.7 Å². The third-order valence-corrected chi connectivity index (χ3v) is 3.62. The summed E-state index contributed by atoms with van der Waals surface area (Å²) >= 11 is 5.90. The second kappa shape index (κ2) is 6.87. The number of rotatable bonds is 5. The van der Waals surface area contributed by atoms with Crippen LogP contribution in [0, 0.1) is 18.7 Å². The third kappa shape index (κ3) is 4.06.